The first kappa shape index (κ1) is 11.6. The quantitative estimate of drug-likeness (QED) is 0.596. The molecule has 1 rings (SSSR count). The molecule has 0 aliphatic carbocycles. The van der Waals surface area contributed by atoms with E-state index < -0.39 is 11.7 Å². The van der Waals surface area contributed by atoms with Crippen LogP contribution in [-0.2, 0) is 6.18 Å². The fourth-order valence-corrected chi connectivity index (χ4v) is 1.15. The lowest BCUT2D eigenvalue weighted by Gasteiger charge is -2.08. The van der Waals surface area contributed by atoms with E-state index in [1.165, 1.54) is 6.07 Å². The summed E-state index contributed by atoms with van der Waals surface area (Å²) in [6.45, 7) is 1.64. The van der Waals surface area contributed by atoms with Crippen LogP contribution in [0.2, 0.25) is 0 Å². The molecule has 82 valence electrons. The van der Waals surface area contributed by atoms with Gasteiger partial charge in [-0.15, -0.1) is 0 Å². The van der Waals surface area contributed by atoms with E-state index in [0.717, 1.165) is 12.1 Å². The molecule has 0 bridgehead atoms. The van der Waals surface area contributed by atoms with E-state index >= 15 is 0 Å². The molecule has 0 radical (unpaired) electrons. The molecule has 15 heavy (non-hydrogen) atoms. The molecule has 0 atom stereocenters. The molecular weight excluding hydrogens is 205 g/mol. The number of hydrazone groups is 1. The van der Waals surface area contributed by atoms with E-state index in [-0.39, 0.29) is 0 Å². The van der Waals surface area contributed by atoms with Gasteiger partial charge in [0.25, 0.3) is 0 Å². The summed E-state index contributed by atoms with van der Waals surface area (Å²) in [5, 5.41) is 3.82. The van der Waals surface area contributed by atoms with Crippen LogP contribution in [0.3, 0.4) is 0 Å². The number of benzene rings is 1. The van der Waals surface area contributed by atoms with Crippen molar-refractivity contribution >= 4 is 5.71 Å². The van der Waals surface area contributed by atoms with E-state index in [2.05, 4.69) is 10.5 Å². The highest BCUT2D eigenvalue weighted by molar-refractivity contribution is 5.98. The van der Waals surface area contributed by atoms with Crippen molar-refractivity contribution < 1.29 is 13.2 Å². The summed E-state index contributed by atoms with van der Waals surface area (Å²) in [6, 6.07) is 5.07. The molecule has 0 aromatic heterocycles. The standard InChI is InChI=1S/C10H11F3N2/c1-7(15-14-2)8-4-3-5-9(6-8)10(11,12)13/h3-6,14H,1-2H3/b15-7+. The van der Waals surface area contributed by atoms with Gasteiger partial charge in [-0.05, 0) is 24.6 Å². The maximum absolute atomic E-state index is 12.4. The van der Waals surface area contributed by atoms with Gasteiger partial charge in [-0.3, -0.25) is 0 Å². The van der Waals surface area contributed by atoms with Gasteiger partial charge < -0.3 is 5.43 Å². The van der Waals surface area contributed by atoms with Gasteiger partial charge >= 0.3 is 6.18 Å². The summed E-state index contributed by atoms with van der Waals surface area (Å²) in [4.78, 5) is 0. The van der Waals surface area contributed by atoms with Crippen molar-refractivity contribution in [3.8, 4) is 0 Å². The van der Waals surface area contributed by atoms with E-state index in [1.54, 1.807) is 20.0 Å². The zero-order chi connectivity index (χ0) is 11.5. The van der Waals surface area contributed by atoms with Crippen molar-refractivity contribution in [2.75, 3.05) is 7.05 Å². The first-order valence-electron chi connectivity index (χ1n) is 4.34. The molecule has 0 fully saturated rings. The normalized spacial score (nSPS) is 12.7. The van der Waals surface area contributed by atoms with Crippen molar-refractivity contribution in [1.29, 1.82) is 0 Å². The summed E-state index contributed by atoms with van der Waals surface area (Å²) in [6.07, 6.45) is -4.31. The molecule has 1 aromatic rings. The van der Waals surface area contributed by atoms with Crippen molar-refractivity contribution in [1.82, 2.24) is 5.43 Å². The molecule has 0 aliphatic rings. The van der Waals surface area contributed by atoms with Crippen molar-refractivity contribution in [2.45, 2.75) is 13.1 Å². The molecule has 0 aliphatic heterocycles. The van der Waals surface area contributed by atoms with Gasteiger partial charge in [-0.2, -0.15) is 18.3 Å². The first-order chi connectivity index (χ1) is 6.95. The Labute approximate surface area is 85.8 Å². The minimum Gasteiger partial charge on any atom is -0.313 e. The van der Waals surface area contributed by atoms with Crippen LogP contribution in [0.5, 0.6) is 0 Å². The Balaban J connectivity index is 3.08. The molecule has 0 heterocycles. The lowest BCUT2D eigenvalue weighted by Crippen LogP contribution is -2.08. The minimum absolute atomic E-state index is 0.458. The second-order valence-electron chi connectivity index (χ2n) is 3.00. The summed E-state index contributed by atoms with van der Waals surface area (Å²) in [5.41, 5.74) is 2.84. The summed E-state index contributed by atoms with van der Waals surface area (Å²) < 4.78 is 37.1. The fourth-order valence-electron chi connectivity index (χ4n) is 1.15. The second-order valence-corrected chi connectivity index (χ2v) is 3.00. The SMILES string of the molecule is CN/N=C(\C)c1cccc(C(F)(F)F)c1. The number of hydrogen-bond donors (Lipinski definition) is 1. The predicted molar refractivity (Wildman–Crippen MR) is 52.7 cm³/mol. The van der Waals surface area contributed by atoms with Crippen molar-refractivity contribution in [3.05, 3.63) is 35.4 Å². The highest BCUT2D eigenvalue weighted by atomic mass is 19.4. The Morgan fingerprint density at radius 3 is 2.53 bits per heavy atom. The molecule has 0 amide bonds. The van der Waals surface area contributed by atoms with Crippen LogP contribution in [0.4, 0.5) is 13.2 Å². The zero-order valence-corrected chi connectivity index (χ0v) is 8.39. The van der Waals surface area contributed by atoms with Gasteiger partial charge in [0.1, 0.15) is 0 Å². The van der Waals surface area contributed by atoms with E-state index in [1.807, 2.05) is 0 Å². The average molecular weight is 216 g/mol. The van der Waals surface area contributed by atoms with E-state index in [4.69, 9.17) is 0 Å². The van der Waals surface area contributed by atoms with Crippen molar-refractivity contribution in [2.24, 2.45) is 5.10 Å². The third-order valence-corrected chi connectivity index (χ3v) is 1.89. The Kier molecular flexibility index (Phi) is 3.34. The topological polar surface area (TPSA) is 24.4 Å². The van der Waals surface area contributed by atoms with Gasteiger partial charge in [0, 0.05) is 7.05 Å². The Morgan fingerprint density at radius 2 is 2.00 bits per heavy atom. The number of halogens is 3. The fraction of sp³-hybridized carbons (Fsp3) is 0.300. The van der Waals surface area contributed by atoms with Crippen LogP contribution in [0, 0.1) is 0 Å². The van der Waals surface area contributed by atoms with Gasteiger partial charge in [-0.25, -0.2) is 0 Å². The molecule has 0 saturated heterocycles. The number of hydrogen-bond acceptors (Lipinski definition) is 2. The molecule has 1 N–H and O–H groups in total. The Hall–Kier alpha value is -1.52. The zero-order valence-electron chi connectivity index (χ0n) is 8.39. The van der Waals surface area contributed by atoms with Crippen LogP contribution in [0.1, 0.15) is 18.1 Å². The first-order valence-corrected chi connectivity index (χ1v) is 4.34. The molecular formula is C10H11F3N2. The van der Waals surface area contributed by atoms with Crippen LogP contribution in [-0.4, -0.2) is 12.8 Å². The maximum Gasteiger partial charge on any atom is 0.416 e. The minimum atomic E-state index is -4.31. The summed E-state index contributed by atoms with van der Waals surface area (Å²) in [5.74, 6) is 0. The lowest BCUT2D eigenvalue weighted by molar-refractivity contribution is -0.137. The number of nitrogens with zero attached hydrogens (tertiary/aromatic N) is 1. The van der Waals surface area contributed by atoms with Gasteiger partial charge in [-0.1, -0.05) is 12.1 Å². The molecule has 5 heteroatoms. The molecule has 0 unspecified atom stereocenters. The second kappa shape index (κ2) is 4.33. The van der Waals surface area contributed by atoms with Crippen LogP contribution in [0.25, 0.3) is 0 Å². The molecule has 0 spiro atoms. The number of alkyl halides is 3. The smallest absolute Gasteiger partial charge is 0.313 e. The van der Waals surface area contributed by atoms with Crippen LogP contribution in [0.15, 0.2) is 29.4 Å². The van der Waals surface area contributed by atoms with E-state index in [0.29, 0.717) is 11.3 Å². The third kappa shape index (κ3) is 2.97. The monoisotopic (exact) mass is 216 g/mol. The van der Waals surface area contributed by atoms with E-state index in [9.17, 15) is 13.2 Å². The molecule has 2 nitrogen and oxygen atoms in total. The van der Waals surface area contributed by atoms with Gasteiger partial charge in [0.2, 0.25) is 0 Å². The third-order valence-electron chi connectivity index (χ3n) is 1.89. The Bertz CT molecular complexity index is 369. The summed E-state index contributed by atoms with van der Waals surface area (Å²) >= 11 is 0. The number of nitrogens with one attached hydrogen (secondary N) is 1. The lowest BCUT2D eigenvalue weighted by atomic mass is 10.1. The highest BCUT2D eigenvalue weighted by Gasteiger charge is 2.30. The average Bonchev–Trinajstić information content (AvgIpc) is 2.17. The Morgan fingerprint density at radius 1 is 1.33 bits per heavy atom. The number of rotatable bonds is 2. The molecule has 1 aromatic carbocycles. The van der Waals surface area contributed by atoms with Crippen LogP contribution >= 0.6 is 0 Å². The maximum atomic E-state index is 12.4. The highest BCUT2D eigenvalue weighted by Crippen LogP contribution is 2.29. The molecule has 0 saturated carbocycles. The van der Waals surface area contributed by atoms with Gasteiger partial charge in [0.15, 0.2) is 0 Å². The van der Waals surface area contributed by atoms with Crippen molar-refractivity contribution in [3.63, 3.8) is 0 Å². The largest absolute Gasteiger partial charge is 0.416 e. The van der Waals surface area contributed by atoms with Gasteiger partial charge in [0.05, 0.1) is 11.3 Å². The summed E-state index contributed by atoms with van der Waals surface area (Å²) in [7, 11) is 1.59. The van der Waals surface area contributed by atoms with Crippen LogP contribution < -0.4 is 5.43 Å². The predicted octanol–water partition coefficient (Wildman–Crippen LogP) is 2.65.